The smallest absolute Gasteiger partial charge is 0.0307 e. The van der Waals surface area contributed by atoms with Gasteiger partial charge in [-0.3, -0.25) is 4.90 Å². The molecular weight excluding hydrogens is 222 g/mol. The van der Waals surface area contributed by atoms with Crippen molar-refractivity contribution < 1.29 is 0 Å². The number of nitrogens with zero attached hydrogens (tertiary/aromatic N) is 2. The molecular formula is C15H25N3. The Morgan fingerprint density at radius 2 is 2.00 bits per heavy atom. The van der Waals surface area contributed by atoms with Crippen molar-refractivity contribution in [2.75, 3.05) is 33.2 Å². The maximum absolute atomic E-state index is 6.25. The predicted molar refractivity (Wildman–Crippen MR) is 76.5 cm³/mol. The molecule has 1 fully saturated rings. The number of likely N-dealkylation sites (N-methyl/N-ethyl adjacent to an activating group) is 1. The summed E-state index contributed by atoms with van der Waals surface area (Å²) in [7, 11) is 2.20. The molecule has 2 rings (SSSR count). The highest BCUT2D eigenvalue weighted by molar-refractivity contribution is 5.18. The van der Waals surface area contributed by atoms with E-state index in [4.69, 9.17) is 5.73 Å². The van der Waals surface area contributed by atoms with Crippen molar-refractivity contribution in [1.82, 2.24) is 9.80 Å². The van der Waals surface area contributed by atoms with Crippen molar-refractivity contribution in [1.29, 1.82) is 0 Å². The van der Waals surface area contributed by atoms with Gasteiger partial charge >= 0.3 is 0 Å². The number of piperazine rings is 1. The van der Waals surface area contributed by atoms with Crippen LogP contribution in [0.4, 0.5) is 0 Å². The molecule has 3 nitrogen and oxygen atoms in total. The standard InChI is InChI=1S/C15H25N3/c1-13-12-17(2)10-11-18(13)9-8-15(16)14-6-4-3-5-7-14/h3-7,13,15H,8-12,16H2,1-2H3. The van der Waals surface area contributed by atoms with E-state index in [2.05, 4.69) is 48.0 Å². The van der Waals surface area contributed by atoms with Crippen LogP contribution in [0.2, 0.25) is 0 Å². The Balaban J connectivity index is 1.81. The van der Waals surface area contributed by atoms with Crippen molar-refractivity contribution >= 4 is 0 Å². The highest BCUT2D eigenvalue weighted by Crippen LogP contribution is 2.16. The van der Waals surface area contributed by atoms with Gasteiger partial charge in [0.15, 0.2) is 0 Å². The Labute approximate surface area is 111 Å². The van der Waals surface area contributed by atoms with Crippen molar-refractivity contribution in [2.45, 2.75) is 25.4 Å². The van der Waals surface area contributed by atoms with Gasteiger partial charge in [0.2, 0.25) is 0 Å². The van der Waals surface area contributed by atoms with Crippen LogP contribution >= 0.6 is 0 Å². The van der Waals surface area contributed by atoms with Gasteiger partial charge in [-0.15, -0.1) is 0 Å². The summed E-state index contributed by atoms with van der Waals surface area (Å²) in [4.78, 5) is 4.96. The average Bonchev–Trinajstić information content (AvgIpc) is 2.38. The number of rotatable bonds is 4. The molecule has 0 spiro atoms. The topological polar surface area (TPSA) is 32.5 Å². The van der Waals surface area contributed by atoms with Crippen LogP contribution in [0.5, 0.6) is 0 Å². The second kappa shape index (κ2) is 6.32. The van der Waals surface area contributed by atoms with Gasteiger partial charge < -0.3 is 10.6 Å². The predicted octanol–water partition coefficient (Wildman–Crippen LogP) is 1.71. The van der Waals surface area contributed by atoms with E-state index in [-0.39, 0.29) is 6.04 Å². The highest BCUT2D eigenvalue weighted by atomic mass is 15.3. The van der Waals surface area contributed by atoms with Crippen LogP contribution in [0.1, 0.15) is 24.9 Å². The normalized spacial score (nSPS) is 24.1. The monoisotopic (exact) mass is 247 g/mol. The van der Waals surface area contributed by atoms with Crippen LogP contribution in [0.3, 0.4) is 0 Å². The lowest BCUT2D eigenvalue weighted by atomic mass is 10.0. The highest BCUT2D eigenvalue weighted by Gasteiger charge is 2.21. The van der Waals surface area contributed by atoms with Crippen molar-refractivity contribution in [3.8, 4) is 0 Å². The van der Waals surface area contributed by atoms with E-state index in [1.807, 2.05) is 6.07 Å². The van der Waals surface area contributed by atoms with Gasteiger partial charge in [0, 0.05) is 38.3 Å². The zero-order chi connectivity index (χ0) is 13.0. The molecule has 1 aromatic carbocycles. The molecule has 1 aromatic rings. The molecule has 0 aromatic heterocycles. The maximum Gasteiger partial charge on any atom is 0.0307 e. The summed E-state index contributed by atoms with van der Waals surface area (Å²) in [5.74, 6) is 0. The van der Waals surface area contributed by atoms with Crippen LogP contribution in [0.15, 0.2) is 30.3 Å². The molecule has 2 N–H and O–H groups in total. The van der Waals surface area contributed by atoms with E-state index in [1.165, 1.54) is 25.2 Å². The second-order valence-electron chi connectivity index (χ2n) is 5.45. The summed E-state index contributed by atoms with van der Waals surface area (Å²) in [6.45, 7) is 6.92. The van der Waals surface area contributed by atoms with E-state index >= 15 is 0 Å². The molecule has 1 aliphatic rings. The molecule has 0 radical (unpaired) electrons. The molecule has 100 valence electrons. The molecule has 1 heterocycles. The van der Waals surface area contributed by atoms with Crippen LogP contribution in [0, 0.1) is 0 Å². The fourth-order valence-electron chi connectivity index (χ4n) is 2.68. The van der Waals surface area contributed by atoms with Crippen LogP contribution in [-0.2, 0) is 0 Å². The minimum Gasteiger partial charge on any atom is -0.324 e. The third-order valence-corrected chi connectivity index (χ3v) is 3.92. The minimum atomic E-state index is 0.165. The summed E-state index contributed by atoms with van der Waals surface area (Å²) in [6, 6.07) is 11.2. The Morgan fingerprint density at radius 3 is 2.67 bits per heavy atom. The first-order valence-corrected chi connectivity index (χ1v) is 6.90. The molecule has 2 atom stereocenters. The Morgan fingerprint density at radius 1 is 1.28 bits per heavy atom. The van der Waals surface area contributed by atoms with Gasteiger partial charge in [0.05, 0.1) is 0 Å². The van der Waals surface area contributed by atoms with E-state index in [9.17, 15) is 0 Å². The van der Waals surface area contributed by atoms with Crippen molar-refractivity contribution in [2.24, 2.45) is 5.73 Å². The lowest BCUT2D eigenvalue weighted by Gasteiger charge is -2.38. The van der Waals surface area contributed by atoms with Gasteiger partial charge in [-0.05, 0) is 26.0 Å². The molecule has 0 aliphatic carbocycles. The number of hydrogen-bond donors (Lipinski definition) is 1. The number of hydrogen-bond acceptors (Lipinski definition) is 3. The molecule has 1 saturated heterocycles. The Hall–Kier alpha value is -0.900. The summed E-state index contributed by atoms with van der Waals surface area (Å²) >= 11 is 0. The lowest BCUT2D eigenvalue weighted by molar-refractivity contribution is 0.0973. The molecule has 2 unspecified atom stereocenters. The minimum absolute atomic E-state index is 0.165. The molecule has 18 heavy (non-hydrogen) atoms. The van der Waals surface area contributed by atoms with Gasteiger partial charge in [-0.2, -0.15) is 0 Å². The first-order valence-electron chi connectivity index (χ1n) is 6.90. The lowest BCUT2D eigenvalue weighted by Crippen LogP contribution is -2.50. The first-order chi connectivity index (χ1) is 8.66. The quantitative estimate of drug-likeness (QED) is 0.879. The first kappa shape index (κ1) is 13.5. The summed E-state index contributed by atoms with van der Waals surface area (Å²) in [5, 5.41) is 0. The maximum atomic E-state index is 6.25. The average molecular weight is 247 g/mol. The molecule has 3 heteroatoms. The zero-order valence-corrected chi connectivity index (χ0v) is 11.5. The fourth-order valence-corrected chi connectivity index (χ4v) is 2.68. The Bertz CT molecular complexity index is 352. The van der Waals surface area contributed by atoms with Gasteiger partial charge in [0.25, 0.3) is 0 Å². The van der Waals surface area contributed by atoms with Gasteiger partial charge in [-0.1, -0.05) is 30.3 Å². The molecule has 0 amide bonds. The van der Waals surface area contributed by atoms with E-state index < -0.39 is 0 Å². The van der Waals surface area contributed by atoms with Gasteiger partial charge in [-0.25, -0.2) is 0 Å². The van der Waals surface area contributed by atoms with Crippen LogP contribution < -0.4 is 5.73 Å². The van der Waals surface area contributed by atoms with Crippen LogP contribution in [-0.4, -0.2) is 49.1 Å². The number of benzene rings is 1. The second-order valence-corrected chi connectivity index (χ2v) is 5.45. The van der Waals surface area contributed by atoms with E-state index in [0.29, 0.717) is 6.04 Å². The number of nitrogens with two attached hydrogens (primary N) is 1. The third kappa shape index (κ3) is 3.55. The van der Waals surface area contributed by atoms with E-state index in [0.717, 1.165) is 13.0 Å². The fraction of sp³-hybridized carbons (Fsp3) is 0.600. The SMILES string of the molecule is CC1CN(C)CCN1CCC(N)c1ccccc1. The Kier molecular flexibility index (Phi) is 4.75. The molecule has 1 aliphatic heterocycles. The van der Waals surface area contributed by atoms with Crippen LogP contribution in [0.25, 0.3) is 0 Å². The largest absolute Gasteiger partial charge is 0.324 e. The summed E-state index contributed by atoms with van der Waals surface area (Å²) in [5.41, 5.74) is 7.50. The third-order valence-electron chi connectivity index (χ3n) is 3.92. The summed E-state index contributed by atoms with van der Waals surface area (Å²) < 4.78 is 0. The van der Waals surface area contributed by atoms with E-state index in [1.54, 1.807) is 0 Å². The van der Waals surface area contributed by atoms with Gasteiger partial charge in [0.1, 0.15) is 0 Å². The molecule has 0 bridgehead atoms. The molecule has 0 saturated carbocycles. The van der Waals surface area contributed by atoms with Crippen molar-refractivity contribution in [3.63, 3.8) is 0 Å². The summed E-state index contributed by atoms with van der Waals surface area (Å²) in [6.07, 6.45) is 1.04. The van der Waals surface area contributed by atoms with Crippen molar-refractivity contribution in [3.05, 3.63) is 35.9 Å². The zero-order valence-electron chi connectivity index (χ0n) is 11.5.